The molecule has 31 heavy (non-hydrogen) atoms. The average Bonchev–Trinajstić information content (AvgIpc) is 2.87. The largest absolute Gasteiger partial charge is 0.324 e. The maximum Gasteiger partial charge on any atom is 0.258 e. The molecular formula is C23H25N5O3. The summed E-state index contributed by atoms with van der Waals surface area (Å²) in [6.45, 7) is 4.90. The van der Waals surface area contributed by atoms with E-state index in [0.717, 1.165) is 0 Å². The number of carbonyl (C=O) groups is 2. The van der Waals surface area contributed by atoms with Gasteiger partial charge in [0.05, 0.1) is 35.4 Å². The third-order valence-corrected chi connectivity index (χ3v) is 5.47. The van der Waals surface area contributed by atoms with Gasteiger partial charge in [-0.1, -0.05) is 31.2 Å². The van der Waals surface area contributed by atoms with E-state index in [1.165, 1.54) is 0 Å². The summed E-state index contributed by atoms with van der Waals surface area (Å²) in [6.07, 6.45) is 0.228. The molecule has 2 N–H and O–H groups in total. The summed E-state index contributed by atoms with van der Waals surface area (Å²) in [5.41, 5.74) is 1.76. The fraction of sp³-hybridized carbons (Fsp3) is 0.304. The highest BCUT2D eigenvalue weighted by atomic mass is 16.2. The first-order chi connectivity index (χ1) is 15.0. The van der Waals surface area contributed by atoms with Crippen LogP contribution in [-0.4, -0.2) is 45.8 Å². The Hall–Kier alpha value is -3.52. The first-order valence-electron chi connectivity index (χ1n) is 10.4. The van der Waals surface area contributed by atoms with Crippen LogP contribution in [0, 0.1) is 0 Å². The van der Waals surface area contributed by atoms with Crippen molar-refractivity contribution in [2.45, 2.75) is 32.9 Å². The lowest BCUT2D eigenvalue weighted by atomic mass is 10.1. The van der Waals surface area contributed by atoms with Gasteiger partial charge in [0.15, 0.2) is 0 Å². The summed E-state index contributed by atoms with van der Waals surface area (Å²) in [5.74, 6) is 0.293. The zero-order chi connectivity index (χ0) is 22.0. The fourth-order valence-electron chi connectivity index (χ4n) is 3.94. The van der Waals surface area contributed by atoms with Gasteiger partial charge < -0.3 is 15.2 Å². The standard InChI is InChI=1S/C23H25N5O3/c1-3-27(13-20-24-17-9-5-4-8-16(17)23(31)26-20)14-22(30)28-15(2)12-21(29)25-18-10-6-7-11-19(18)28/h4-11,15H,3,12-14H2,1-2H3,(H,25,29)(H,24,26,31)/t15-/m1/s1. The summed E-state index contributed by atoms with van der Waals surface area (Å²) in [6, 6.07) is 14.2. The Kier molecular flexibility index (Phi) is 5.81. The van der Waals surface area contributed by atoms with Crippen molar-refractivity contribution in [3.05, 3.63) is 64.7 Å². The van der Waals surface area contributed by atoms with Gasteiger partial charge >= 0.3 is 0 Å². The maximum absolute atomic E-state index is 13.3. The van der Waals surface area contributed by atoms with Crippen LogP contribution in [0.15, 0.2) is 53.3 Å². The molecule has 8 nitrogen and oxygen atoms in total. The molecule has 0 fully saturated rings. The quantitative estimate of drug-likeness (QED) is 0.662. The SMILES string of the molecule is CCN(CC(=O)N1c2ccccc2NC(=O)C[C@H]1C)Cc1nc2ccccc2c(=O)[nH]1. The van der Waals surface area contributed by atoms with Gasteiger partial charge in [0.25, 0.3) is 5.56 Å². The van der Waals surface area contributed by atoms with Crippen LogP contribution in [-0.2, 0) is 16.1 Å². The lowest BCUT2D eigenvalue weighted by molar-refractivity contribution is -0.120. The van der Waals surface area contributed by atoms with Gasteiger partial charge in [-0.3, -0.25) is 19.3 Å². The summed E-state index contributed by atoms with van der Waals surface area (Å²) in [7, 11) is 0. The molecule has 2 aromatic carbocycles. The van der Waals surface area contributed by atoms with Crippen LogP contribution >= 0.6 is 0 Å². The van der Waals surface area contributed by atoms with Crippen LogP contribution in [0.2, 0.25) is 0 Å². The second-order valence-electron chi connectivity index (χ2n) is 7.72. The van der Waals surface area contributed by atoms with Crippen molar-refractivity contribution in [3.8, 4) is 0 Å². The highest BCUT2D eigenvalue weighted by Gasteiger charge is 2.30. The highest BCUT2D eigenvalue weighted by molar-refractivity contribution is 6.04. The molecule has 1 aliphatic heterocycles. The zero-order valence-electron chi connectivity index (χ0n) is 17.6. The predicted octanol–water partition coefficient (Wildman–Crippen LogP) is 2.51. The lowest BCUT2D eigenvalue weighted by Crippen LogP contribution is -2.45. The second kappa shape index (κ2) is 8.69. The molecule has 2 amide bonds. The topological polar surface area (TPSA) is 98.4 Å². The van der Waals surface area contributed by atoms with Gasteiger partial charge in [0.2, 0.25) is 11.8 Å². The minimum absolute atomic E-state index is 0.110. The number of para-hydroxylation sites is 3. The van der Waals surface area contributed by atoms with Crippen LogP contribution in [0.1, 0.15) is 26.1 Å². The van der Waals surface area contributed by atoms with E-state index in [1.807, 2.05) is 43.0 Å². The molecule has 2 heterocycles. The Bertz CT molecular complexity index is 1190. The van der Waals surface area contributed by atoms with Gasteiger partial charge in [0, 0.05) is 12.5 Å². The molecule has 0 saturated heterocycles. The normalized spacial score (nSPS) is 16.2. The summed E-state index contributed by atoms with van der Waals surface area (Å²) in [4.78, 5) is 48.8. The maximum atomic E-state index is 13.3. The average molecular weight is 419 g/mol. The molecule has 1 aliphatic rings. The molecule has 3 aromatic rings. The van der Waals surface area contributed by atoms with Gasteiger partial charge in [-0.15, -0.1) is 0 Å². The molecule has 160 valence electrons. The highest BCUT2D eigenvalue weighted by Crippen LogP contribution is 2.31. The summed E-state index contributed by atoms with van der Waals surface area (Å²) >= 11 is 0. The van der Waals surface area contributed by atoms with Crippen LogP contribution in [0.3, 0.4) is 0 Å². The smallest absolute Gasteiger partial charge is 0.258 e. The Morgan fingerprint density at radius 3 is 2.71 bits per heavy atom. The molecule has 0 bridgehead atoms. The zero-order valence-corrected chi connectivity index (χ0v) is 17.6. The van der Waals surface area contributed by atoms with E-state index in [0.29, 0.717) is 41.2 Å². The number of aromatic nitrogens is 2. The van der Waals surface area contributed by atoms with Crippen molar-refractivity contribution in [2.75, 3.05) is 23.3 Å². The number of amides is 2. The van der Waals surface area contributed by atoms with Gasteiger partial charge in [-0.25, -0.2) is 4.98 Å². The number of hydrogen-bond acceptors (Lipinski definition) is 5. The molecule has 0 spiro atoms. The number of benzene rings is 2. The van der Waals surface area contributed by atoms with Gasteiger partial charge in [0.1, 0.15) is 5.82 Å². The summed E-state index contributed by atoms with van der Waals surface area (Å²) < 4.78 is 0. The first-order valence-corrected chi connectivity index (χ1v) is 10.4. The van der Waals surface area contributed by atoms with Gasteiger partial charge in [-0.05, 0) is 37.7 Å². The number of rotatable bonds is 5. The van der Waals surface area contributed by atoms with E-state index < -0.39 is 0 Å². The van der Waals surface area contributed by atoms with E-state index in [2.05, 4.69) is 15.3 Å². The number of H-pyrrole nitrogens is 1. The Morgan fingerprint density at radius 1 is 1.16 bits per heavy atom. The number of hydrogen-bond donors (Lipinski definition) is 2. The van der Waals surface area contributed by atoms with Crippen LogP contribution in [0.4, 0.5) is 11.4 Å². The van der Waals surface area contributed by atoms with Crippen LogP contribution in [0.5, 0.6) is 0 Å². The molecule has 0 radical (unpaired) electrons. The number of likely N-dealkylation sites (N-methyl/N-ethyl adjacent to an activating group) is 1. The number of aromatic amines is 1. The lowest BCUT2D eigenvalue weighted by Gasteiger charge is -2.30. The van der Waals surface area contributed by atoms with Crippen LogP contribution < -0.4 is 15.8 Å². The van der Waals surface area contributed by atoms with Gasteiger partial charge in [-0.2, -0.15) is 0 Å². The van der Waals surface area contributed by atoms with Crippen molar-refractivity contribution in [1.29, 1.82) is 0 Å². The third kappa shape index (κ3) is 4.34. The predicted molar refractivity (Wildman–Crippen MR) is 120 cm³/mol. The van der Waals surface area contributed by atoms with Crippen molar-refractivity contribution >= 4 is 34.1 Å². The second-order valence-corrected chi connectivity index (χ2v) is 7.72. The monoisotopic (exact) mass is 419 g/mol. The molecular weight excluding hydrogens is 394 g/mol. The molecule has 1 atom stereocenters. The molecule has 0 aliphatic carbocycles. The Morgan fingerprint density at radius 2 is 1.90 bits per heavy atom. The third-order valence-electron chi connectivity index (χ3n) is 5.47. The number of anilines is 2. The van der Waals surface area contributed by atoms with E-state index in [1.54, 1.807) is 29.2 Å². The van der Waals surface area contributed by atoms with E-state index in [-0.39, 0.29) is 36.4 Å². The fourth-order valence-corrected chi connectivity index (χ4v) is 3.94. The number of carbonyl (C=O) groups excluding carboxylic acids is 2. The van der Waals surface area contributed by atoms with Crippen molar-refractivity contribution in [3.63, 3.8) is 0 Å². The Balaban J connectivity index is 1.57. The molecule has 0 saturated carbocycles. The van der Waals surface area contributed by atoms with Crippen molar-refractivity contribution in [1.82, 2.24) is 14.9 Å². The molecule has 4 rings (SSSR count). The molecule has 8 heteroatoms. The van der Waals surface area contributed by atoms with Crippen molar-refractivity contribution < 1.29 is 9.59 Å². The molecule has 1 aromatic heterocycles. The van der Waals surface area contributed by atoms with E-state index in [9.17, 15) is 14.4 Å². The van der Waals surface area contributed by atoms with E-state index >= 15 is 0 Å². The van der Waals surface area contributed by atoms with Crippen LogP contribution in [0.25, 0.3) is 10.9 Å². The number of nitrogens with one attached hydrogen (secondary N) is 2. The van der Waals surface area contributed by atoms with Crippen molar-refractivity contribution in [2.24, 2.45) is 0 Å². The molecule has 0 unspecified atom stereocenters. The van der Waals surface area contributed by atoms with E-state index in [4.69, 9.17) is 0 Å². The summed E-state index contributed by atoms with van der Waals surface area (Å²) in [5, 5.41) is 3.41. The number of nitrogens with zero attached hydrogens (tertiary/aromatic N) is 3. The minimum Gasteiger partial charge on any atom is -0.324 e. The Labute approximate surface area is 179 Å². The first kappa shape index (κ1) is 20.7. The number of fused-ring (bicyclic) bond motifs is 2. The minimum atomic E-state index is -0.270.